The number of carbonyl (C=O) groups is 1. The van der Waals surface area contributed by atoms with Crippen LogP contribution in [0.15, 0.2) is 60.8 Å². The minimum atomic E-state index is 0.0354. The van der Waals surface area contributed by atoms with E-state index in [1.807, 2.05) is 24.3 Å². The first kappa shape index (κ1) is 16.3. The maximum absolute atomic E-state index is 11.6. The summed E-state index contributed by atoms with van der Waals surface area (Å²) in [7, 11) is 0. The molecule has 3 aromatic rings. The van der Waals surface area contributed by atoms with Gasteiger partial charge in [-0.1, -0.05) is 30.3 Å². The third-order valence-electron chi connectivity index (χ3n) is 4.55. The lowest BCUT2D eigenvalue weighted by Gasteiger charge is -2.30. The number of benzene rings is 2. The Morgan fingerprint density at radius 1 is 1.12 bits per heavy atom. The molecule has 0 radical (unpaired) electrons. The first-order valence-corrected chi connectivity index (χ1v) is 8.77. The van der Waals surface area contributed by atoms with E-state index in [1.54, 1.807) is 19.2 Å². The molecule has 26 heavy (non-hydrogen) atoms. The SMILES string of the molecule is CC(=O)c1cccc(Nc2nccc(N3CCCc4ccccc43)n2)c1. The summed E-state index contributed by atoms with van der Waals surface area (Å²) in [6, 6.07) is 17.8. The second-order valence-electron chi connectivity index (χ2n) is 6.38. The summed E-state index contributed by atoms with van der Waals surface area (Å²) in [6.45, 7) is 2.50. The van der Waals surface area contributed by atoms with E-state index < -0.39 is 0 Å². The van der Waals surface area contributed by atoms with Crippen molar-refractivity contribution in [2.45, 2.75) is 19.8 Å². The summed E-state index contributed by atoms with van der Waals surface area (Å²) in [5.74, 6) is 1.43. The molecule has 1 N–H and O–H groups in total. The van der Waals surface area contributed by atoms with Gasteiger partial charge in [-0.05, 0) is 49.6 Å². The van der Waals surface area contributed by atoms with Crippen LogP contribution in [0.25, 0.3) is 0 Å². The van der Waals surface area contributed by atoms with Crippen LogP contribution in [0, 0.1) is 0 Å². The van der Waals surface area contributed by atoms with Gasteiger partial charge in [0.2, 0.25) is 5.95 Å². The van der Waals surface area contributed by atoms with Crippen LogP contribution in [0.4, 0.5) is 23.1 Å². The second-order valence-corrected chi connectivity index (χ2v) is 6.38. The lowest BCUT2D eigenvalue weighted by molar-refractivity contribution is 0.101. The zero-order valence-electron chi connectivity index (χ0n) is 14.6. The fraction of sp³-hybridized carbons (Fsp3) is 0.190. The Morgan fingerprint density at radius 2 is 2.00 bits per heavy atom. The van der Waals surface area contributed by atoms with E-state index in [2.05, 4.69) is 44.5 Å². The van der Waals surface area contributed by atoms with Crippen molar-refractivity contribution in [3.05, 3.63) is 71.9 Å². The summed E-state index contributed by atoms with van der Waals surface area (Å²) in [4.78, 5) is 22.8. The number of anilines is 4. The Labute approximate surface area is 152 Å². The van der Waals surface area contributed by atoms with Gasteiger partial charge in [0.25, 0.3) is 0 Å². The molecule has 0 spiro atoms. The molecule has 1 aliphatic heterocycles. The number of aryl methyl sites for hydroxylation is 1. The van der Waals surface area contributed by atoms with E-state index in [-0.39, 0.29) is 5.78 Å². The molecule has 2 heterocycles. The molecular formula is C21H20N4O. The largest absolute Gasteiger partial charge is 0.326 e. The Morgan fingerprint density at radius 3 is 2.88 bits per heavy atom. The van der Waals surface area contributed by atoms with E-state index in [0.717, 1.165) is 30.9 Å². The lowest BCUT2D eigenvalue weighted by Crippen LogP contribution is -2.25. The van der Waals surface area contributed by atoms with E-state index in [0.29, 0.717) is 11.5 Å². The molecular weight excluding hydrogens is 324 g/mol. The summed E-state index contributed by atoms with van der Waals surface area (Å²) in [5.41, 5.74) is 4.02. The van der Waals surface area contributed by atoms with Crippen molar-refractivity contribution in [3.8, 4) is 0 Å². The fourth-order valence-electron chi connectivity index (χ4n) is 3.28. The van der Waals surface area contributed by atoms with Gasteiger partial charge >= 0.3 is 0 Å². The first-order valence-electron chi connectivity index (χ1n) is 8.77. The van der Waals surface area contributed by atoms with Crippen molar-refractivity contribution in [3.63, 3.8) is 0 Å². The van der Waals surface area contributed by atoms with Gasteiger partial charge in [-0.3, -0.25) is 4.79 Å². The fourth-order valence-corrected chi connectivity index (χ4v) is 3.28. The molecule has 0 fully saturated rings. The maximum Gasteiger partial charge on any atom is 0.229 e. The summed E-state index contributed by atoms with van der Waals surface area (Å²) in [5, 5.41) is 3.20. The number of hydrogen-bond acceptors (Lipinski definition) is 5. The van der Waals surface area contributed by atoms with Crippen molar-refractivity contribution < 1.29 is 4.79 Å². The van der Waals surface area contributed by atoms with Crippen LogP contribution < -0.4 is 10.2 Å². The Bertz CT molecular complexity index is 954. The molecule has 1 aliphatic rings. The minimum absolute atomic E-state index is 0.0354. The number of nitrogens with one attached hydrogen (secondary N) is 1. The van der Waals surface area contributed by atoms with Gasteiger partial charge in [-0.15, -0.1) is 0 Å². The highest BCUT2D eigenvalue weighted by molar-refractivity contribution is 5.95. The number of fused-ring (bicyclic) bond motifs is 1. The molecule has 130 valence electrons. The van der Waals surface area contributed by atoms with E-state index in [9.17, 15) is 4.79 Å². The molecule has 0 unspecified atom stereocenters. The lowest BCUT2D eigenvalue weighted by atomic mass is 10.0. The van der Waals surface area contributed by atoms with Gasteiger partial charge < -0.3 is 10.2 Å². The third-order valence-corrected chi connectivity index (χ3v) is 4.55. The predicted octanol–water partition coefficient (Wildman–Crippen LogP) is 4.51. The number of hydrogen-bond donors (Lipinski definition) is 1. The predicted molar refractivity (Wildman–Crippen MR) is 104 cm³/mol. The molecule has 2 aromatic carbocycles. The van der Waals surface area contributed by atoms with Crippen molar-refractivity contribution in [2.24, 2.45) is 0 Å². The van der Waals surface area contributed by atoms with Crippen LogP contribution in [0.3, 0.4) is 0 Å². The number of Topliss-reactive ketones (excluding diaryl/α,β-unsaturated/α-hetero) is 1. The number of rotatable bonds is 4. The molecule has 0 saturated heterocycles. The number of carbonyl (C=O) groups excluding carboxylic acids is 1. The second kappa shape index (κ2) is 6.96. The smallest absolute Gasteiger partial charge is 0.229 e. The van der Waals surface area contributed by atoms with E-state index in [4.69, 9.17) is 0 Å². The Balaban J connectivity index is 1.62. The highest BCUT2D eigenvalue weighted by atomic mass is 16.1. The minimum Gasteiger partial charge on any atom is -0.326 e. The summed E-state index contributed by atoms with van der Waals surface area (Å²) in [6.07, 6.45) is 3.96. The molecule has 0 aliphatic carbocycles. The summed E-state index contributed by atoms with van der Waals surface area (Å²) >= 11 is 0. The van der Waals surface area contributed by atoms with Gasteiger partial charge in [-0.25, -0.2) is 4.98 Å². The first-order chi connectivity index (χ1) is 12.7. The number of ketones is 1. The van der Waals surface area contributed by atoms with Crippen molar-refractivity contribution in [1.29, 1.82) is 0 Å². The average molecular weight is 344 g/mol. The topological polar surface area (TPSA) is 58.1 Å². The van der Waals surface area contributed by atoms with Crippen LogP contribution in [-0.2, 0) is 6.42 Å². The third kappa shape index (κ3) is 3.28. The molecule has 1 aromatic heterocycles. The zero-order chi connectivity index (χ0) is 17.9. The molecule has 0 amide bonds. The average Bonchev–Trinajstić information content (AvgIpc) is 2.68. The molecule has 0 atom stereocenters. The zero-order valence-corrected chi connectivity index (χ0v) is 14.6. The molecule has 5 nitrogen and oxygen atoms in total. The van der Waals surface area contributed by atoms with Crippen LogP contribution in [0.1, 0.15) is 29.3 Å². The van der Waals surface area contributed by atoms with Gasteiger partial charge in [0, 0.05) is 29.7 Å². The van der Waals surface area contributed by atoms with E-state index in [1.165, 1.54) is 11.3 Å². The Kier molecular flexibility index (Phi) is 4.35. The van der Waals surface area contributed by atoms with Crippen LogP contribution in [0.5, 0.6) is 0 Å². The van der Waals surface area contributed by atoms with Gasteiger partial charge in [0.05, 0.1) is 0 Å². The molecule has 4 rings (SSSR count). The summed E-state index contributed by atoms with van der Waals surface area (Å²) < 4.78 is 0. The number of aromatic nitrogens is 2. The van der Waals surface area contributed by atoms with Gasteiger partial charge in [0.1, 0.15) is 5.82 Å². The number of para-hydroxylation sites is 1. The standard InChI is InChI=1S/C21H20N4O/c1-15(26)17-7-4-9-18(14-17)23-21-22-12-11-20(24-21)25-13-5-8-16-6-2-3-10-19(16)25/h2-4,6-7,9-12,14H,5,8,13H2,1H3,(H,22,23,24). The maximum atomic E-state index is 11.6. The van der Waals surface area contributed by atoms with Crippen molar-refractivity contribution >= 4 is 28.9 Å². The molecule has 0 bridgehead atoms. The molecule has 0 saturated carbocycles. The van der Waals surface area contributed by atoms with Gasteiger partial charge in [0.15, 0.2) is 5.78 Å². The highest BCUT2D eigenvalue weighted by Gasteiger charge is 2.19. The van der Waals surface area contributed by atoms with Crippen molar-refractivity contribution in [1.82, 2.24) is 9.97 Å². The normalized spacial score (nSPS) is 13.2. The molecule has 5 heteroatoms. The van der Waals surface area contributed by atoms with Crippen LogP contribution in [0.2, 0.25) is 0 Å². The van der Waals surface area contributed by atoms with Crippen LogP contribution >= 0.6 is 0 Å². The Hall–Kier alpha value is -3.21. The van der Waals surface area contributed by atoms with Gasteiger partial charge in [-0.2, -0.15) is 4.98 Å². The highest BCUT2D eigenvalue weighted by Crippen LogP contribution is 2.32. The van der Waals surface area contributed by atoms with E-state index >= 15 is 0 Å². The quantitative estimate of drug-likeness (QED) is 0.706. The van der Waals surface area contributed by atoms with Crippen molar-refractivity contribution in [2.75, 3.05) is 16.8 Å². The van der Waals surface area contributed by atoms with Crippen LogP contribution in [-0.4, -0.2) is 22.3 Å². The monoisotopic (exact) mass is 344 g/mol. The number of nitrogens with zero attached hydrogens (tertiary/aromatic N) is 3.